The predicted molar refractivity (Wildman–Crippen MR) is 76.9 cm³/mol. The fourth-order valence-corrected chi connectivity index (χ4v) is 2.96. The molecule has 0 spiro atoms. The van der Waals surface area contributed by atoms with Crippen LogP contribution in [0.25, 0.3) is 0 Å². The first-order valence-electron chi connectivity index (χ1n) is 7.06. The second-order valence-corrected chi connectivity index (χ2v) is 5.38. The minimum absolute atomic E-state index is 0.302. The molecule has 110 valence electrons. The molecule has 0 unspecified atom stereocenters. The number of hydrogen-bond acceptors (Lipinski definition) is 3. The van der Waals surface area contributed by atoms with Gasteiger partial charge in [0.2, 0.25) is 5.91 Å². The molecule has 21 heavy (non-hydrogen) atoms. The van der Waals surface area contributed by atoms with E-state index in [2.05, 4.69) is 12.2 Å². The summed E-state index contributed by atoms with van der Waals surface area (Å²) in [4.78, 5) is 23.7. The molecule has 1 fully saturated rings. The van der Waals surface area contributed by atoms with E-state index in [0.29, 0.717) is 5.69 Å². The molecule has 2 bridgehead atoms. The monoisotopic (exact) mass is 287 g/mol. The molecule has 0 saturated carbocycles. The van der Waals surface area contributed by atoms with E-state index in [0.717, 1.165) is 6.42 Å². The number of aliphatic carboxylic acids is 1. The minimum Gasteiger partial charge on any atom is -0.481 e. The lowest BCUT2D eigenvalue weighted by Gasteiger charge is -2.21. The van der Waals surface area contributed by atoms with E-state index in [4.69, 9.17) is 4.74 Å². The number of benzene rings is 1. The first-order chi connectivity index (χ1) is 10.1. The Bertz CT molecular complexity index is 593. The molecule has 2 heterocycles. The van der Waals surface area contributed by atoms with Crippen molar-refractivity contribution < 1.29 is 19.4 Å². The Kier molecular flexibility index (Phi) is 3.51. The Morgan fingerprint density at radius 3 is 2.33 bits per heavy atom. The van der Waals surface area contributed by atoms with E-state index < -0.39 is 30.0 Å². The number of carboxylic acid groups (broad SMARTS) is 1. The van der Waals surface area contributed by atoms with Gasteiger partial charge in [-0.3, -0.25) is 9.59 Å². The first-order valence-corrected chi connectivity index (χ1v) is 7.06. The zero-order valence-electron chi connectivity index (χ0n) is 11.7. The molecule has 0 aliphatic carbocycles. The van der Waals surface area contributed by atoms with Crippen molar-refractivity contribution in [3.63, 3.8) is 0 Å². The third-order valence-electron chi connectivity index (χ3n) is 4.12. The Morgan fingerprint density at radius 1 is 1.14 bits per heavy atom. The van der Waals surface area contributed by atoms with Crippen molar-refractivity contribution in [3.05, 3.63) is 42.0 Å². The van der Waals surface area contributed by atoms with Crippen LogP contribution in [0.1, 0.15) is 12.5 Å². The summed E-state index contributed by atoms with van der Waals surface area (Å²) in [5.41, 5.74) is 1.86. The Labute approximate surface area is 122 Å². The lowest BCUT2D eigenvalue weighted by atomic mass is 9.82. The second-order valence-electron chi connectivity index (χ2n) is 5.38. The maximum atomic E-state index is 12.4. The highest BCUT2D eigenvalue weighted by Crippen LogP contribution is 2.39. The third-order valence-corrected chi connectivity index (χ3v) is 4.12. The third kappa shape index (κ3) is 2.45. The van der Waals surface area contributed by atoms with Crippen LogP contribution in [0.3, 0.4) is 0 Å². The van der Waals surface area contributed by atoms with Crippen LogP contribution in [-0.2, 0) is 20.7 Å². The van der Waals surface area contributed by atoms with Gasteiger partial charge in [0.05, 0.1) is 18.1 Å². The highest BCUT2D eigenvalue weighted by Gasteiger charge is 2.53. The van der Waals surface area contributed by atoms with Crippen molar-refractivity contribution in [2.24, 2.45) is 11.8 Å². The zero-order valence-corrected chi connectivity index (χ0v) is 11.7. The van der Waals surface area contributed by atoms with E-state index in [1.54, 1.807) is 12.2 Å². The zero-order chi connectivity index (χ0) is 15.0. The number of nitrogens with one attached hydrogen (secondary N) is 1. The molecule has 2 aliphatic rings. The quantitative estimate of drug-likeness (QED) is 0.829. The van der Waals surface area contributed by atoms with Crippen LogP contribution in [0.5, 0.6) is 0 Å². The molecule has 1 saturated heterocycles. The van der Waals surface area contributed by atoms with Crippen LogP contribution in [0.15, 0.2) is 36.4 Å². The number of carboxylic acids is 1. The molecule has 3 rings (SSSR count). The molecule has 4 atom stereocenters. The van der Waals surface area contributed by atoms with Crippen LogP contribution in [-0.4, -0.2) is 29.2 Å². The summed E-state index contributed by atoms with van der Waals surface area (Å²) in [7, 11) is 0. The number of aryl methyl sites for hydroxylation is 1. The summed E-state index contributed by atoms with van der Waals surface area (Å²) in [6.45, 7) is 2.06. The van der Waals surface area contributed by atoms with Gasteiger partial charge in [0, 0.05) is 5.69 Å². The van der Waals surface area contributed by atoms with Crippen LogP contribution in [0, 0.1) is 11.8 Å². The number of amides is 1. The Morgan fingerprint density at radius 2 is 1.76 bits per heavy atom. The summed E-state index contributed by atoms with van der Waals surface area (Å²) in [6, 6.07) is 7.55. The minimum atomic E-state index is -0.992. The van der Waals surface area contributed by atoms with Crippen molar-refractivity contribution in [2.45, 2.75) is 25.6 Å². The second kappa shape index (κ2) is 5.33. The van der Waals surface area contributed by atoms with Gasteiger partial charge in [-0.2, -0.15) is 0 Å². The average Bonchev–Trinajstić information content (AvgIpc) is 3.08. The molecule has 0 aromatic heterocycles. The number of carbonyl (C=O) groups is 2. The van der Waals surface area contributed by atoms with Crippen molar-refractivity contribution in [3.8, 4) is 0 Å². The summed E-state index contributed by atoms with van der Waals surface area (Å²) in [6.07, 6.45) is 3.50. The van der Waals surface area contributed by atoms with Gasteiger partial charge in [0.15, 0.2) is 0 Å². The number of rotatable bonds is 4. The highest BCUT2D eigenvalue weighted by molar-refractivity contribution is 5.96. The van der Waals surface area contributed by atoms with E-state index in [9.17, 15) is 14.7 Å². The molecule has 2 aliphatic heterocycles. The normalized spacial score (nSPS) is 29.6. The topological polar surface area (TPSA) is 75.6 Å². The van der Waals surface area contributed by atoms with Crippen LogP contribution < -0.4 is 5.32 Å². The standard InChI is InChI=1S/C16H17NO4/c1-2-9-3-5-10(6-4-9)17-15(18)13-11-7-8-12(21-11)14(13)16(19)20/h3-8,11-14H,2H2,1H3,(H,17,18)(H,19,20)/t11-,12-,13+,14+/m1/s1. The molecule has 5 nitrogen and oxygen atoms in total. The molecule has 0 radical (unpaired) electrons. The lowest BCUT2D eigenvalue weighted by Crippen LogP contribution is -2.39. The molecule has 5 heteroatoms. The Hall–Kier alpha value is -2.14. The molecule has 1 aromatic carbocycles. The molecular formula is C16H17NO4. The summed E-state index contributed by atoms with van der Waals surface area (Å²) < 4.78 is 5.50. The highest BCUT2D eigenvalue weighted by atomic mass is 16.5. The smallest absolute Gasteiger partial charge is 0.310 e. The van der Waals surface area contributed by atoms with E-state index in [-0.39, 0.29) is 5.91 Å². The number of fused-ring (bicyclic) bond motifs is 2. The summed E-state index contributed by atoms with van der Waals surface area (Å²) >= 11 is 0. The van der Waals surface area contributed by atoms with E-state index in [1.807, 2.05) is 24.3 Å². The van der Waals surface area contributed by atoms with Crippen LogP contribution in [0.2, 0.25) is 0 Å². The fourth-order valence-electron chi connectivity index (χ4n) is 2.96. The van der Waals surface area contributed by atoms with Gasteiger partial charge in [0.25, 0.3) is 0 Å². The van der Waals surface area contributed by atoms with Crippen molar-refractivity contribution >= 4 is 17.6 Å². The molecule has 1 amide bonds. The Balaban J connectivity index is 1.75. The predicted octanol–water partition coefficient (Wildman–Crippen LogP) is 1.84. The van der Waals surface area contributed by atoms with Gasteiger partial charge in [-0.25, -0.2) is 0 Å². The van der Waals surface area contributed by atoms with Crippen molar-refractivity contribution in [1.29, 1.82) is 0 Å². The van der Waals surface area contributed by atoms with Crippen molar-refractivity contribution in [2.75, 3.05) is 5.32 Å². The number of hydrogen-bond donors (Lipinski definition) is 2. The summed E-state index contributed by atoms with van der Waals surface area (Å²) in [5, 5.41) is 12.1. The molecule has 1 aromatic rings. The van der Waals surface area contributed by atoms with Gasteiger partial charge >= 0.3 is 5.97 Å². The van der Waals surface area contributed by atoms with Gasteiger partial charge < -0.3 is 15.2 Å². The average molecular weight is 287 g/mol. The van der Waals surface area contributed by atoms with E-state index in [1.165, 1.54) is 5.56 Å². The maximum absolute atomic E-state index is 12.4. The first kappa shape index (κ1) is 13.8. The van der Waals surface area contributed by atoms with Gasteiger partial charge in [0.1, 0.15) is 5.92 Å². The summed E-state index contributed by atoms with van der Waals surface area (Å²) in [5.74, 6) is -2.78. The SMILES string of the molecule is CCc1ccc(NC(=O)[C@@H]2[C@@H](C(=O)O)[C@H]3C=C[C@H]2O3)cc1. The largest absolute Gasteiger partial charge is 0.481 e. The van der Waals surface area contributed by atoms with Gasteiger partial charge in [-0.05, 0) is 24.1 Å². The molecular weight excluding hydrogens is 270 g/mol. The van der Waals surface area contributed by atoms with E-state index >= 15 is 0 Å². The fraction of sp³-hybridized carbons (Fsp3) is 0.375. The van der Waals surface area contributed by atoms with Gasteiger partial charge in [-0.1, -0.05) is 31.2 Å². The maximum Gasteiger partial charge on any atom is 0.310 e. The number of carbonyl (C=O) groups excluding carboxylic acids is 1. The molecule has 2 N–H and O–H groups in total. The lowest BCUT2D eigenvalue weighted by molar-refractivity contribution is -0.145. The van der Waals surface area contributed by atoms with Crippen molar-refractivity contribution in [1.82, 2.24) is 0 Å². The number of anilines is 1. The van der Waals surface area contributed by atoms with Gasteiger partial charge in [-0.15, -0.1) is 0 Å². The number of ether oxygens (including phenoxy) is 1. The van der Waals surface area contributed by atoms with Crippen LogP contribution >= 0.6 is 0 Å². The van der Waals surface area contributed by atoms with Crippen LogP contribution in [0.4, 0.5) is 5.69 Å².